The summed E-state index contributed by atoms with van der Waals surface area (Å²) in [5.41, 5.74) is 5.18. The molecular formula is C9H20N2O3. The lowest BCUT2D eigenvalue weighted by Crippen LogP contribution is -2.40. The van der Waals surface area contributed by atoms with Gasteiger partial charge in [0.1, 0.15) is 0 Å². The Kier molecular flexibility index (Phi) is 8.27. The molecule has 0 aliphatic rings. The molecule has 0 rings (SSSR count). The Hall–Kier alpha value is -0.810. The summed E-state index contributed by atoms with van der Waals surface area (Å²) in [6.07, 6.45) is 0. The molecule has 0 bridgehead atoms. The van der Waals surface area contributed by atoms with Crippen LogP contribution in [0, 0.1) is 0 Å². The first-order valence-electron chi connectivity index (χ1n) is 4.92. The summed E-state index contributed by atoms with van der Waals surface area (Å²) in [5, 5.41) is 0. The van der Waals surface area contributed by atoms with Crippen LogP contribution in [-0.4, -0.2) is 50.4 Å². The van der Waals surface area contributed by atoms with Crippen molar-refractivity contribution in [2.45, 2.75) is 13.8 Å². The Morgan fingerprint density at radius 1 is 1.14 bits per heavy atom. The SMILES string of the molecule is CCOCCN(CCOCC)C(N)=O. The van der Waals surface area contributed by atoms with Gasteiger partial charge in [-0.1, -0.05) is 0 Å². The molecule has 0 aromatic rings. The number of ether oxygens (including phenoxy) is 2. The molecule has 5 nitrogen and oxygen atoms in total. The molecule has 0 aliphatic carbocycles. The van der Waals surface area contributed by atoms with E-state index in [4.69, 9.17) is 15.2 Å². The van der Waals surface area contributed by atoms with Gasteiger partial charge in [0.05, 0.1) is 13.2 Å². The number of carbonyl (C=O) groups excluding carboxylic acids is 1. The summed E-state index contributed by atoms with van der Waals surface area (Å²) in [6, 6.07) is -0.426. The van der Waals surface area contributed by atoms with Crippen molar-refractivity contribution in [3.8, 4) is 0 Å². The number of primary amides is 1. The second-order valence-electron chi connectivity index (χ2n) is 2.72. The summed E-state index contributed by atoms with van der Waals surface area (Å²) in [4.78, 5) is 12.4. The first-order valence-corrected chi connectivity index (χ1v) is 4.92. The van der Waals surface area contributed by atoms with Crippen LogP contribution in [0.25, 0.3) is 0 Å². The van der Waals surface area contributed by atoms with Crippen LogP contribution in [-0.2, 0) is 9.47 Å². The largest absolute Gasteiger partial charge is 0.380 e. The van der Waals surface area contributed by atoms with Gasteiger partial charge in [0, 0.05) is 26.3 Å². The lowest BCUT2D eigenvalue weighted by Gasteiger charge is -2.19. The quantitative estimate of drug-likeness (QED) is 0.583. The fourth-order valence-electron chi connectivity index (χ4n) is 0.970. The number of nitrogens with two attached hydrogens (primary N) is 1. The highest BCUT2D eigenvalue weighted by atomic mass is 16.5. The number of urea groups is 1. The second-order valence-corrected chi connectivity index (χ2v) is 2.72. The van der Waals surface area contributed by atoms with Gasteiger partial charge in [-0.3, -0.25) is 0 Å². The Morgan fingerprint density at radius 3 is 1.86 bits per heavy atom. The molecule has 0 fully saturated rings. The lowest BCUT2D eigenvalue weighted by molar-refractivity contribution is 0.0947. The predicted octanol–water partition coefficient (Wildman–Crippen LogP) is 0.440. The van der Waals surface area contributed by atoms with Gasteiger partial charge in [0.2, 0.25) is 0 Å². The van der Waals surface area contributed by atoms with E-state index in [9.17, 15) is 4.79 Å². The molecule has 0 saturated heterocycles. The second kappa shape index (κ2) is 8.77. The van der Waals surface area contributed by atoms with E-state index in [2.05, 4.69) is 0 Å². The molecule has 0 heterocycles. The van der Waals surface area contributed by atoms with Crippen molar-refractivity contribution in [2.24, 2.45) is 5.73 Å². The van der Waals surface area contributed by atoms with Crippen LogP contribution in [0.15, 0.2) is 0 Å². The van der Waals surface area contributed by atoms with Crippen LogP contribution in [0.2, 0.25) is 0 Å². The summed E-state index contributed by atoms with van der Waals surface area (Å²) in [7, 11) is 0. The zero-order valence-electron chi connectivity index (χ0n) is 8.99. The fourth-order valence-corrected chi connectivity index (χ4v) is 0.970. The molecule has 0 unspecified atom stereocenters. The van der Waals surface area contributed by atoms with Crippen LogP contribution in [0.5, 0.6) is 0 Å². The van der Waals surface area contributed by atoms with Crippen molar-refractivity contribution in [3.05, 3.63) is 0 Å². The lowest BCUT2D eigenvalue weighted by atomic mass is 10.5. The maximum atomic E-state index is 10.9. The van der Waals surface area contributed by atoms with Crippen LogP contribution in [0.4, 0.5) is 4.79 Å². The van der Waals surface area contributed by atoms with Gasteiger partial charge in [-0.15, -0.1) is 0 Å². The number of hydrogen-bond acceptors (Lipinski definition) is 3. The molecule has 84 valence electrons. The number of rotatable bonds is 8. The van der Waals surface area contributed by atoms with Gasteiger partial charge in [-0.05, 0) is 13.8 Å². The van der Waals surface area contributed by atoms with Gasteiger partial charge in [-0.2, -0.15) is 0 Å². The van der Waals surface area contributed by atoms with E-state index >= 15 is 0 Å². The average Bonchev–Trinajstić information content (AvgIpc) is 2.15. The van der Waals surface area contributed by atoms with E-state index in [0.29, 0.717) is 39.5 Å². The summed E-state index contributed by atoms with van der Waals surface area (Å²) >= 11 is 0. The molecule has 2 N–H and O–H groups in total. The molecule has 5 heteroatoms. The molecular weight excluding hydrogens is 184 g/mol. The summed E-state index contributed by atoms with van der Waals surface area (Å²) in [5.74, 6) is 0. The highest BCUT2D eigenvalue weighted by Gasteiger charge is 2.08. The van der Waals surface area contributed by atoms with Crippen molar-refractivity contribution < 1.29 is 14.3 Å². The molecule has 0 aromatic carbocycles. The molecule has 14 heavy (non-hydrogen) atoms. The first kappa shape index (κ1) is 13.2. The van der Waals surface area contributed by atoms with E-state index in [-0.39, 0.29) is 0 Å². The van der Waals surface area contributed by atoms with Crippen molar-refractivity contribution in [1.29, 1.82) is 0 Å². The Balaban J connectivity index is 3.61. The normalized spacial score (nSPS) is 10.1. The predicted molar refractivity (Wildman–Crippen MR) is 54.1 cm³/mol. The molecule has 0 atom stereocenters. The minimum absolute atomic E-state index is 0.426. The topological polar surface area (TPSA) is 64.8 Å². The minimum Gasteiger partial charge on any atom is -0.380 e. The number of nitrogens with zero attached hydrogens (tertiary/aromatic N) is 1. The van der Waals surface area contributed by atoms with Gasteiger partial charge in [-0.25, -0.2) is 4.79 Å². The van der Waals surface area contributed by atoms with Gasteiger partial charge in [0.15, 0.2) is 0 Å². The number of hydrogen-bond donors (Lipinski definition) is 1. The van der Waals surface area contributed by atoms with Crippen molar-refractivity contribution in [1.82, 2.24) is 4.90 Å². The summed E-state index contributed by atoms with van der Waals surface area (Å²) < 4.78 is 10.3. The Labute approximate surface area is 85.1 Å². The van der Waals surface area contributed by atoms with Crippen LogP contribution >= 0.6 is 0 Å². The van der Waals surface area contributed by atoms with E-state index < -0.39 is 6.03 Å². The first-order chi connectivity index (χ1) is 6.72. The highest BCUT2D eigenvalue weighted by Crippen LogP contribution is 1.89. The van der Waals surface area contributed by atoms with Crippen molar-refractivity contribution >= 4 is 6.03 Å². The standard InChI is InChI=1S/C9H20N2O3/c1-3-13-7-5-11(9(10)12)6-8-14-4-2/h3-8H2,1-2H3,(H2,10,12). The van der Waals surface area contributed by atoms with Crippen LogP contribution in [0.3, 0.4) is 0 Å². The van der Waals surface area contributed by atoms with Gasteiger partial charge in [0.25, 0.3) is 0 Å². The molecule has 0 saturated carbocycles. The molecule has 2 amide bonds. The third-order valence-electron chi connectivity index (χ3n) is 1.73. The number of carbonyl (C=O) groups is 1. The minimum atomic E-state index is -0.426. The molecule has 0 aromatic heterocycles. The van der Waals surface area contributed by atoms with Gasteiger partial charge >= 0.3 is 6.03 Å². The zero-order valence-corrected chi connectivity index (χ0v) is 8.99. The molecule has 0 radical (unpaired) electrons. The average molecular weight is 204 g/mol. The maximum absolute atomic E-state index is 10.9. The molecule has 0 aliphatic heterocycles. The zero-order chi connectivity index (χ0) is 10.8. The van der Waals surface area contributed by atoms with E-state index in [0.717, 1.165) is 0 Å². The monoisotopic (exact) mass is 204 g/mol. The van der Waals surface area contributed by atoms with Crippen molar-refractivity contribution in [3.63, 3.8) is 0 Å². The molecule has 0 spiro atoms. The van der Waals surface area contributed by atoms with E-state index in [1.807, 2.05) is 13.8 Å². The summed E-state index contributed by atoms with van der Waals surface area (Å²) in [6.45, 7) is 7.21. The number of amides is 2. The van der Waals surface area contributed by atoms with E-state index in [1.54, 1.807) is 0 Å². The van der Waals surface area contributed by atoms with Crippen molar-refractivity contribution in [2.75, 3.05) is 39.5 Å². The van der Waals surface area contributed by atoms with E-state index in [1.165, 1.54) is 4.90 Å². The van der Waals surface area contributed by atoms with Crippen LogP contribution < -0.4 is 5.73 Å². The third kappa shape index (κ3) is 6.68. The Bertz CT molecular complexity index is 143. The fraction of sp³-hybridized carbons (Fsp3) is 0.889. The third-order valence-corrected chi connectivity index (χ3v) is 1.73. The van der Waals surface area contributed by atoms with Crippen LogP contribution in [0.1, 0.15) is 13.8 Å². The smallest absolute Gasteiger partial charge is 0.314 e. The highest BCUT2D eigenvalue weighted by molar-refractivity contribution is 5.71. The maximum Gasteiger partial charge on any atom is 0.314 e. The Morgan fingerprint density at radius 2 is 1.57 bits per heavy atom. The van der Waals surface area contributed by atoms with Gasteiger partial charge < -0.3 is 20.1 Å².